The molecule has 1 aromatic carbocycles. The van der Waals surface area contributed by atoms with Crippen molar-refractivity contribution in [3.8, 4) is 0 Å². The van der Waals surface area contributed by atoms with Crippen LogP contribution in [0.4, 0.5) is 5.69 Å². The molecule has 0 aliphatic carbocycles. The zero-order valence-corrected chi connectivity index (χ0v) is 15.1. The van der Waals surface area contributed by atoms with Crippen molar-refractivity contribution in [3.63, 3.8) is 0 Å². The Balaban J connectivity index is 1.40. The SMILES string of the molecule is Cn1ncc(N2CC[C@@H](CNC(=O)c3cccc4ncccc34)C2)cc1=O. The summed E-state index contributed by atoms with van der Waals surface area (Å²) in [6.07, 6.45) is 4.40. The van der Waals surface area contributed by atoms with Gasteiger partial charge in [-0.25, -0.2) is 4.68 Å². The first kappa shape index (κ1) is 17.2. The van der Waals surface area contributed by atoms with Gasteiger partial charge in [-0.2, -0.15) is 5.10 Å². The van der Waals surface area contributed by atoms with E-state index in [-0.39, 0.29) is 11.5 Å². The Hall–Kier alpha value is -3.22. The summed E-state index contributed by atoms with van der Waals surface area (Å²) >= 11 is 0. The molecule has 1 aliphatic heterocycles. The van der Waals surface area contributed by atoms with Crippen molar-refractivity contribution in [1.82, 2.24) is 20.1 Å². The highest BCUT2D eigenvalue weighted by atomic mass is 16.1. The molecule has 0 unspecified atom stereocenters. The zero-order chi connectivity index (χ0) is 18.8. The minimum atomic E-state index is -0.117. The van der Waals surface area contributed by atoms with Crippen molar-refractivity contribution in [2.24, 2.45) is 13.0 Å². The lowest BCUT2D eigenvalue weighted by Gasteiger charge is -2.18. The molecule has 1 atom stereocenters. The van der Waals surface area contributed by atoms with Crippen LogP contribution < -0.4 is 15.8 Å². The number of fused-ring (bicyclic) bond motifs is 1. The summed E-state index contributed by atoms with van der Waals surface area (Å²) in [5, 5.41) is 7.99. The van der Waals surface area contributed by atoms with Gasteiger partial charge in [0.1, 0.15) is 0 Å². The Labute approximate surface area is 156 Å². The van der Waals surface area contributed by atoms with Gasteiger partial charge in [0.25, 0.3) is 11.5 Å². The topological polar surface area (TPSA) is 80.1 Å². The third-order valence-corrected chi connectivity index (χ3v) is 5.05. The Morgan fingerprint density at radius 2 is 2.19 bits per heavy atom. The summed E-state index contributed by atoms with van der Waals surface area (Å²) in [6, 6.07) is 10.9. The highest BCUT2D eigenvalue weighted by molar-refractivity contribution is 6.06. The second kappa shape index (κ2) is 7.19. The molecule has 0 radical (unpaired) electrons. The molecule has 4 rings (SSSR count). The smallest absolute Gasteiger partial charge is 0.268 e. The normalized spacial score (nSPS) is 16.6. The van der Waals surface area contributed by atoms with Gasteiger partial charge < -0.3 is 10.2 Å². The van der Waals surface area contributed by atoms with E-state index >= 15 is 0 Å². The van der Waals surface area contributed by atoms with Crippen molar-refractivity contribution in [1.29, 1.82) is 0 Å². The van der Waals surface area contributed by atoms with Crippen LogP contribution in [-0.4, -0.2) is 40.3 Å². The quantitative estimate of drug-likeness (QED) is 0.761. The number of carbonyl (C=O) groups is 1. The van der Waals surface area contributed by atoms with Crippen LogP contribution in [0.1, 0.15) is 16.8 Å². The fourth-order valence-electron chi connectivity index (χ4n) is 3.50. The van der Waals surface area contributed by atoms with Gasteiger partial charge in [0, 0.05) is 49.9 Å². The fraction of sp³-hybridized carbons (Fsp3) is 0.300. The number of rotatable bonds is 4. The molecule has 2 aromatic heterocycles. The van der Waals surface area contributed by atoms with Crippen molar-refractivity contribution >= 4 is 22.5 Å². The fourth-order valence-corrected chi connectivity index (χ4v) is 3.50. The lowest BCUT2D eigenvalue weighted by atomic mass is 10.1. The van der Waals surface area contributed by atoms with E-state index in [9.17, 15) is 9.59 Å². The highest BCUT2D eigenvalue weighted by Crippen LogP contribution is 2.22. The van der Waals surface area contributed by atoms with E-state index in [1.165, 1.54) is 4.68 Å². The van der Waals surface area contributed by atoms with Crippen LogP contribution in [-0.2, 0) is 7.05 Å². The first-order valence-corrected chi connectivity index (χ1v) is 9.02. The highest BCUT2D eigenvalue weighted by Gasteiger charge is 2.24. The van der Waals surface area contributed by atoms with E-state index < -0.39 is 0 Å². The van der Waals surface area contributed by atoms with Gasteiger partial charge in [-0.15, -0.1) is 0 Å². The van der Waals surface area contributed by atoms with E-state index in [1.54, 1.807) is 25.5 Å². The minimum Gasteiger partial charge on any atom is -0.370 e. The summed E-state index contributed by atoms with van der Waals surface area (Å²) < 4.78 is 1.32. The number of aryl methyl sites for hydroxylation is 1. The summed E-state index contributed by atoms with van der Waals surface area (Å²) in [4.78, 5) is 30.9. The number of nitrogens with one attached hydrogen (secondary N) is 1. The van der Waals surface area contributed by atoms with Crippen LogP contribution in [0.15, 0.2) is 53.6 Å². The molecule has 1 saturated heterocycles. The number of amides is 1. The van der Waals surface area contributed by atoms with Crippen LogP contribution in [0, 0.1) is 5.92 Å². The summed E-state index contributed by atoms with van der Waals surface area (Å²) in [7, 11) is 1.64. The molecule has 7 nitrogen and oxygen atoms in total. The van der Waals surface area contributed by atoms with Gasteiger partial charge in [-0.1, -0.05) is 12.1 Å². The maximum Gasteiger partial charge on any atom is 0.268 e. The lowest BCUT2D eigenvalue weighted by Crippen LogP contribution is -2.31. The molecule has 0 bridgehead atoms. The first-order chi connectivity index (χ1) is 13.1. The van der Waals surface area contributed by atoms with E-state index in [1.807, 2.05) is 30.3 Å². The number of anilines is 1. The molecule has 7 heteroatoms. The van der Waals surface area contributed by atoms with Crippen molar-refractivity contribution in [3.05, 3.63) is 64.7 Å². The summed E-state index contributed by atoms with van der Waals surface area (Å²) in [5.74, 6) is 0.258. The van der Waals surface area contributed by atoms with E-state index in [4.69, 9.17) is 0 Å². The molecule has 0 saturated carbocycles. The Kier molecular flexibility index (Phi) is 4.58. The Morgan fingerprint density at radius 3 is 3.04 bits per heavy atom. The van der Waals surface area contributed by atoms with Crippen LogP contribution >= 0.6 is 0 Å². The van der Waals surface area contributed by atoms with Crippen molar-refractivity contribution in [2.45, 2.75) is 6.42 Å². The van der Waals surface area contributed by atoms with E-state index in [0.29, 0.717) is 18.0 Å². The molecule has 138 valence electrons. The minimum absolute atomic E-state index is 0.0812. The second-order valence-electron chi connectivity index (χ2n) is 6.86. The zero-order valence-electron chi connectivity index (χ0n) is 15.1. The van der Waals surface area contributed by atoms with Gasteiger partial charge in [0.15, 0.2) is 0 Å². The molecule has 1 aliphatic rings. The molecule has 1 amide bonds. The third kappa shape index (κ3) is 3.53. The van der Waals surface area contributed by atoms with E-state index in [0.717, 1.165) is 36.1 Å². The number of aromatic nitrogens is 3. The average Bonchev–Trinajstić information content (AvgIpc) is 3.17. The molecule has 3 heterocycles. The first-order valence-electron chi connectivity index (χ1n) is 9.02. The molecule has 3 aromatic rings. The van der Waals surface area contributed by atoms with Crippen LogP contribution in [0.2, 0.25) is 0 Å². The number of hydrogen-bond donors (Lipinski definition) is 1. The van der Waals surface area contributed by atoms with Crippen molar-refractivity contribution < 1.29 is 4.79 Å². The third-order valence-electron chi connectivity index (χ3n) is 5.05. The average molecular weight is 363 g/mol. The maximum atomic E-state index is 12.6. The lowest BCUT2D eigenvalue weighted by molar-refractivity contribution is 0.0950. The molecular weight excluding hydrogens is 342 g/mol. The standard InChI is InChI=1S/C20H21N5O2/c1-24-19(26)10-15(12-23-24)25-9-7-14(13-25)11-22-20(27)17-4-2-6-18-16(17)5-3-8-21-18/h2-6,8,10,12,14H,7,9,11,13H2,1H3,(H,22,27)/t14-/m0/s1. The second-order valence-corrected chi connectivity index (χ2v) is 6.86. The van der Waals surface area contributed by atoms with Gasteiger partial charge in [0.2, 0.25) is 0 Å². The molecule has 1 N–H and O–H groups in total. The Morgan fingerprint density at radius 1 is 1.30 bits per heavy atom. The van der Waals surface area contributed by atoms with Crippen LogP contribution in [0.5, 0.6) is 0 Å². The predicted molar refractivity (Wildman–Crippen MR) is 104 cm³/mol. The van der Waals surface area contributed by atoms with Crippen molar-refractivity contribution in [2.75, 3.05) is 24.5 Å². The number of carbonyl (C=O) groups excluding carboxylic acids is 1. The molecule has 0 spiro atoms. The van der Waals surface area contributed by atoms with Gasteiger partial charge in [-0.3, -0.25) is 14.6 Å². The summed E-state index contributed by atoms with van der Waals surface area (Å²) in [6.45, 7) is 2.25. The monoisotopic (exact) mass is 363 g/mol. The Bertz CT molecular complexity index is 1040. The van der Waals surface area contributed by atoms with Crippen LogP contribution in [0.3, 0.4) is 0 Å². The van der Waals surface area contributed by atoms with E-state index in [2.05, 4.69) is 20.3 Å². The van der Waals surface area contributed by atoms with Gasteiger partial charge in [0.05, 0.1) is 17.4 Å². The largest absolute Gasteiger partial charge is 0.370 e. The predicted octanol–water partition coefficient (Wildman–Crippen LogP) is 1.58. The number of nitrogens with zero attached hydrogens (tertiary/aromatic N) is 4. The van der Waals surface area contributed by atoms with Gasteiger partial charge in [-0.05, 0) is 30.5 Å². The van der Waals surface area contributed by atoms with Crippen LogP contribution in [0.25, 0.3) is 10.9 Å². The number of hydrogen-bond acceptors (Lipinski definition) is 5. The maximum absolute atomic E-state index is 12.6. The number of benzene rings is 1. The molecular formula is C20H21N5O2. The summed E-state index contributed by atoms with van der Waals surface area (Å²) in [5.41, 5.74) is 2.18. The molecule has 27 heavy (non-hydrogen) atoms. The molecule has 1 fully saturated rings. The number of pyridine rings is 1. The van der Waals surface area contributed by atoms with Gasteiger partial charge >= 0.3 is 0 Å².